The lowest BCUT2D eigenvalue weighted by atomic mass is 10.1. The molecule has 2 N–H and O–H groups in total. The lowest BCUT2D eigenvalue weighted by Crippen LogP contribution is -2.32. The number of methoxy groups -OCH3 is 2. The quantitative estimate of drug-likeness (QED) is 0.816. The Morgan fingerprint density at radius 2 is 1.95 bits per heavy atom. The van der Waals surface area contributed by atoms with Crippen molar-refractivity contribution in [3.63, 3.8) is 0 Å². The largest absolute Gasteiger partial charge is 0.494 e. The molecule has 0 saturated carbocycles. The first-order valence-electron chi connectivity index (χ1n) is 7.01. The Morgan fingerprint density at radius 3 is 2.45 bits per heavy atom. The van der Waals surface area contributed by atoms with Crippen LogP contribution in [0.2, 0.25) is 0 Å². The van der Waals surface area contributed by atoms with Crippen LogP contribution in [-0.2, 0) is 9.59 Å². The topological polar surface area (TPSA) is 88.1 Å². The van der Waals surface area contributed by atoms with Crippen molar-refractivity contribution in [2.45, 2.75) is 6.42 Å². The van der Waals surface area contributed by atoms with Gasteiger partial charge >= 0.3 is 5.97 Å². The van der Waals surface area contributed by atoms with Gasteiger partial charge in [-0.25, -0.2) is 0 Å². The molecule has 1 aromatic carbocycles. The summed E-state index contributed by atoms with van der Waals surface area (Å²) < 4.78 is 10.4. The standard InChI is InChI=1S/C15H20N2O5/c1-21-11-4-3-5-12(22-2)14(11)16-13(18)9-17-7-6-10(8-17)15(19)20/h3-5,10H,6-9H2,1-2H3,(H,16,18)(H,19,20). The Labute approximate surface area is 128 Å². The fraction of sp³-hybridized carbons (Fsp3) is 0.467. The summed E-state index contributed by atoms with van der Waals surface area (Å²) in [4.78, 5) is 24.9. The molecule has 1 aromatic rings. The second kappa shape index (κ2) is 7.13. The fourth-order valence-electron chi connectivity index (χ4n) is 2.53. The molecule has 1 heterocycles. The van der Waals surface area contributed by atoms with Crippen molar-refractivity contribution < 1.29 is 24.2 Å². The van der Waals surface area contributed by atoms with Crippen LogP contribution in [0, 0.1) is 5.92 Å². The summed E-state index contributed by atoms with van der Waals surface area (Å²) in [6.07, 6.45) is 0.570. The van der Waals surface area contributed by atoms with Gasteiger partial charge in [0.15, 0.2) is 0 Å². The van der Waals surface area contributed by atoms with E-state index in [-0.39, 0.29) is 12.5 Å². The number of carbonyl (C=O) groups is 2. The smallest absolute Gasteiger partial charge is 0.307 e. The molecule has 120 valence electrons. The summed E-state index contributed by atoms with van der Waals surface area (Å²) in [7, 11) is 3.03. The van der Waals surface area contributed by atoms with Crippen molar-refractivity contribution >= 4 is 17.6 Å². The number of likely N-dealkylation sites (tertiary alicyclic amines) is 1. The van der Waals surface area contributed by atoms with E-state index in [9.17, 15) is 9.59 Å². The highest BCUT2D eigenvalue weighted by Crippen LogP contribution is 2.34. The van der Waals surface area contributed by atoms with E-state index in [1.807, 2.05) is 4.90 Å². The summed E-state index contributed by atoms with van der Waals surface area (Å²) >= 11 is 0. The first-order chi connectivity index (χ1) is 10.5. The van der Waals surface area contributed by atoms with Gasteiger partial charge < -0.3 is 19.9 Å². The maximum absolute atomic E-state index is 12.2. The van der Waals surface area contributed by atoms with Crippen LogP contribution < -0.4 is 14.8 Å². The number of para-hydroxylation sites is 1. The average Bonchev–Trinajstić information content (AvgIpc) is 2.96. The van der Waals surface area contributed by atoms with Crippen molar-refractivity contribution in [2.24, 2.45) is 5.92 Å². The van der Waals surface area contributed by atoms with E-state index in [4.69, 9.17) is 14.6 Å². The first-order valence-corrected chi connectivity index (χ1v) is 7.01. The predicted molar refractivity (Wildman–Crippen MR) is 80.4 cm³/mol. The van der Waals surface area contributed by atoms with Crippen LogP contribution in [0.3, 0.4) is 0 Å². The zero-order chi connectivity index (χ0) is 16.1. The number of benzene rings is 1. The molecular formula is C15H20N2O5. The number of rotatable bonds is 6. The third-order valence-corrected chi connectivity index (χ3v) is 3.68. The van der Waals surface area contributed by atoms with Gasteiger partial charge in [-0.1, -0.05) is 6.07 Å². The number of carboxylic acid groups (broad SMARTS) is 1. The molecule has 7 nitrogen and oxygen atoms in total. The van der Waals surface area contributed by atoms with Crippen LogP contribution in [0.5, 0.6) is 11.5 Å². The molecule has 7 heteroatoms. The Hall–Kier alpha value is -2.28. The van der Waals surface area contributed by atoms with Crippen LogP contribution >= 0.6 is 0 Å². The number of aliphatic carboxylic acids is 1. The van der Waals surface area contributed by atoms with Crippen molar-refractivity contribution in [1.29, 1.82) is 0 Å². The monoisotopic (exact) mass is 308 g/mol. The average molecular weight is 308 g/mol. The predicted octanol–water partition coefficient (Wildman–Crippen LogP) is 1.05. The third kappa shape index (κ3) is 3.67. The van der Waals surface area contributed by atoms with Gasteiger partial charge in [-0.15, -0.1) is 0 Å². The maximum atomic E-state index is 12.2. The minimum Gasteiger partial charge on any atom is -0.494 e. The molecule has 0 aliphatic carbocycles. The first kappa shape index (κ1) is 16.1. The van der Waals surface area contributed by atoms with Crippen molar-refractivity contribution in [2.75, 3.05) is 39.2 Å². The Balaban J connectivity index is 2.00. The second-order valence-corrected chi connectivity index (χ2v) is 5.14. The van der Waals surface area contributed by atoms with Gasteiger partial charge in [-0.2, -0.15) is 0 Å². The summed E-state index contributed by atoms with van der Waals surface area (Å²) in [5, 5.41) is 11.8. The van der Waals surface area contributed by atoms with Gasteiger partial charge in [0.2, 0.25) is 5.91 Å². The minimum atomic E-state index is -0.811. The number of ether oxygens (including phenoxy) is 2. The minimum absolute atomic E-state index is 0.144. The molecule has 0 spiro atoms. The number of hydrogen-bond acceptors (Lipinski definition) is 5. The summed E-state index contributed by atoms with van der Waals surface area (Å²) in [5.74, 6) is -0.410. The Kier molecular flexibility index (Phi) is 5.21. The zero-order valence-corrected chi connectivity index (χ0v) is 12.7. The van der Waals surface area contributed by atoms with E-state index in [2.05, 4.69) is 5.32 Å². The van der Waals surface area contributed by atoms with Crippen LogP contribution in [0.25, 0.3) is 0 Å². The third-order valence-electron chi connectivity index (χ3n) is 3.68. The van der Waals surface area contributed by atoms with E-state index in [1.165, 1.54) is 14.2 Å². The summed E-state index contributed by atoms with van der Waals surface area (Å²) in [6, 6.07) is 5.23. The van der Waals surface area contributed by atoms with Gasteiger partial charge in [0.05, 0.1) is 26.7 Å². The number of carbonyl (C=O) groups excluding carboxylic acids is 1. The van der Waals surface area contributed by atoms with Gasteiger partial charge in [0.25, 0.3) is 0 Å². The molecule has 2 rings (SSSR count). The number of nitrogens with zero attached hydrogens (tertiary/aromatic N) is 1. The molecule has 1 fully saturated rings. The molecule has 1 saturated heterocycles. The highest BCUT2D eigenvalue weighted by molar-refractivity contribution is 5.95. The van der Waals surface area contributed by atoms with Crippen LogP contribution in [0.15, 0.2) is 18.2 Å². The second-order valence-electron chi connectivity index (χ2n) is 5.14. The number of hydrogen-bond donors (Lipinski definition) is 2. The zero-order valence-electron chi connectivity index (χ0n) is 12.7. The van der Waals surface area contributed by atoms with Gasteiger partial charge in [-0.05, 0) is 25.1 Å². The molecule has 22 heavy (non-hydrogen) atoms. The number of nitrogens with one attached hydrogen (secondary N) is 1. The van der Waals surface area contributed by atoms with E-state index < -0.39 is 11.9 Å². The molecule has 0 bridgehead atoms. The van der Waals surface area contributed by atoms with Crippen LogP contribution in [0.4, 0.5) is 5.69 Å². The Morgan fingerprint density at radius 1 is 1.32 bits per heavy atom. The lowest BCUT2D eigenvalue weighted by Gasteiger charge is -2.17. The molecule has 1 unspecified atom stereocenters. The van der Waals surface area contributed by atoms with Gasteiger partial charge in [0, 0.05) is 6.54 Å². The van der Waals surface area contributed by atoms with E-state index in [1.54, 1.807) is 18.2 Å². The van der Waals surface area contributed by atoms with Gasteiger partial charge in [0.1, 0.15) is 17.2 Å². The summed E-state index contributed by atoms with van der Waals surface area (Å²) in [5.41, 5.74) is 0.478. The van der Waals surface area contributed by atoms with Crippen molar-refractivity contribution in [3.05, 3.63) is 18.2 Å². The normalized spacial score (nSPS) is 18.0. The SMILES string of the molecule is COc1cccc(OC)c1NC(=O)CN1CCC(C(=O)O)C1. The van der Waals surface area contributed by atoms with Crippen LogP contribution in [-0.4, -0.2) is 55.7 Å². The summed E-state index contributed by atoms with van der Waals surface area (Å²) in [6.45, 7) is 1.14. The van der Waals surface area contributed by atoms with Crippen molar-refractivity contribution in [3.8, 4) is 11.5 Å². The number of anilines is 1. The highest BCUT2D eigenvalue weighted by atomic mass is 16.5. The molecule has 1 aliphatic rings. The van der Waals surface area contributed by atoms with E-state index in [0.29, 0.717) is 36.7 Å². The maximum Gasteiger partial charge on any atom is 0.307 e. The highest BCUT2D eigenvalue weighted by Gasteiger charge is 2.29. The molecule has 0 radical (unpaired) electrons. The van der Waals surface area contributed by atoms with Gasteiger partial charge in [-0.3, -0.25) is 14.5 Å². The number of carboxylic acids is 1. The lowest BCUT2D eigenvalue weighted by molar-refractivity contribution is -0.141. The molecule has 1 atom stereocenters. The fourth-order valence-corrected chi connectivity index (χ4v) is 2.53. The molecular weight excluding hydrogens is 288 g/mol. The van der Waals surface area contributed by atoms with E-state index >= 15 is 0 Å². The van der Waals surface area contributed by atoms with E-state index in [0.717, 1.165) is 0 Å². The number of amides is 1. The van der Waals surface area contributed by atoms with Crippen molar-refractivity contribution in [1.82, 2.24) is 4.90 Å². The molecule has 1 amide bonds. The molecule has 1 aliphatic heterocycles. The van der Waals surface area contributed by atoms with Crippen LogP contribution in [0.1, 0.15) is 6.42 Å². The Bertz CT molecular complexity index is 539. The molecule has 0 aromatic heterocycles.